The van der Waals surface area contributed by atoms with E-state index in [9.17, 15) is 4.79 Å². The molecule has 6 heteroatoms. The zero-order chi connectivity index (χ0) is 16.1. The monoisotopic (exact) mass is 314 g/mol. The van der Waals surface area contributed by atoms with Crippen LogP contribution in [0.4, 0.5) is 5.95 Å². The van der Waals surface area contributed by atoms with Crippen LogP contribution < -0.4 is 17.0 Å². The summed E-state index contributed by atoms with van der Waals surface area (Å²) >= 11 is 4.95. The van der Waals surface area contributed by atoms with Crippen LogP contribution in [-0.2, 0) is 11.8 Å². The van der Waals surface area contributed by atoms with Crippen molar-refractivity contribution in [3.63, 3.8) is 0 Å². The van der Waals surface area contributed by atoms with Crippen molar-refractivity contribution in [2.75, 3.05) is 5.73 Å². The molecule has 0 spiro atoms. The van der Waals surface area contributed by atoms with Gasteiger partial charge in [-0.3, -0.25) is 4.79 Å². The minimum atomic E-state index is -0.312. The second kappa shape index (κ2) is 4.91. The van der Waals surface area contributed by atoms with Crippen LogP contribution in [0.5, 0.6) is 0 Å². The van der Waals surface area contributed by atoms with Crippen LogP contribution in [0.3, 0.4) is 0 Å². The summed E-state index contributed by atoms with van der Waals surface area (Å²) < 4.78 is 1.12. The SMILES string of the molecule is CCC1(C)Cc2ccccc2-c2nc(N)n(C(N)=S)c(=O)c21. The van der Waals surface area contributed by atoms with Gasteiger partial charge in [0.25, 0.3) is 5.56 Å². The summed E-state index contributed by atoms with van der Waals surface area (Å²) in [5.74, 6) is 0.0337. The molecule has 22 heavy (non-hydrogen) atoms. The second-order valence-electron chi connectivity index (χ2n) is 5.92. The zero-order valence-corrected chi connectivity index (χ0v) is 13.4. The number of anilines is 1. The first-order chi connectivity index (χ1) is 10.4. The van der Waals surface area contributed by atoms with Gasteiger partial charge < -0.3 is 11.5 Å². The summed E-state index contributed by atoms with van der Waals surface area (Å²) in [7, 11) is 0. The van der Waals surface area contributed by atoms with Crippen LogP contribution in [0.2, 0.25) is 0 Å². The van der Waals surface area contributed by atoms with E-state index in [0.717, 1.165) is 23.0 Å². The van der Waals surface area contributed by atoms with Gasteiger partial charge in [0.1, 0.15) is 0 Å². The van der Waals surface area contributed by atoms with Crippen LogP contribution in [0.25, 0.3) is 11.3 Å². The van der Waals surface area contributed by atoms with E-state index in [2.05, 4.69) is 24.9 Å². The number of nitrogen functional groups attached to an aromatic ring is 1. The van der Waals surface area contributed by atoms with Crippen LogP contribution in [0.15, 0.2) is 29.1 Å². The molecule has 0 radical (unpaired) electrons. The second-order valence-corrected chi connectivity index (χ2v) is 6.34. The van der Waals surface area contributed by atoms with Gasteiger partial charge in [0.2, 0.25) is 5.95 Å². The lowest BCUT2D eigenvalue weighted by molar-refractivity contribution is 0.439. The first kappa shape index (κ1) is 14.7. The van der Waals surface area contributed by atoms with E-state index in [1.165, 1.54) is 5.56 Å². The van der Waals surface area contributed by atoms with Crippen LogP contribution >= 0.6 is 12.2 Å². The smallest absolute Gasteiger partial charge is 0.265 e. The maximum Gasteiger partial charge on any atom is 0.265 e. The minimum absolute atomic E-state index is 0.0337. The number of fused-ring (bicyclic) bond motifs is 3. The van der Waals surface area contributed by atoms with Crippen molar-refractivity contribution in [2.45, 2.75) is 32.1 Å². The van der Waals surface area contributed by atoms with Gasteiger partial charge in [0, 0.05) is 11.0 Å². The molecule has 1 unspecified atom stereocenters. The van der Waals surface area contributed by atoms with E-state index in [1.54, 1.807) is 0 Å². The van der Waals surface area contributed by atoms with Crippen molar-refractivity contribution in [1.29, 1.82) is 0 Å². The van der Waals surface area contributed by atoms with Gasteiger partial charge in [0.05, 0.1) is 11.3 Å². The highest BCUT2D eigenvalue weighted by molar-refractivity contribution is 7.80. The normalized spacial score (nSPS) is 19.4. The number of thiocarbonyl (C=S) groups is 1. The van der Waals surface area contributed by atoms with Gasteiger partial charge in [-0.25, -0.2) is 9.55 Å². The predicted octanol–water partition coefficient (Wildman–Crippen LogP) is 1.81. The maximum absolute atomic E-state index is 12.9. The fraction of sp³-hybridized carbons (Fsp3) is 0.312. The van der Waals surface area contributed by atoms with E-state index in [-0.39, 0.29) is 22.0 Å². The lowest BCUT2D eigenvalue weighted by Crippen LogP contribution is -2.43. The molecule has 5 nitrogen and oxygen atoms in total. The molecule has 0 saturated heterocycles. The predicted molar refractivity (Wildman–Crippen MR) is 91.9 cm³/mol. The molecule has 1 aliphatic rings. The van der Waals surface area contributed by atoms with Gasteiger partial charge in [0.15, 0.2) is 5.11 Å². The lowest BCUT2D eigenvalue weighted by Gasteiger charge is -2.35. The van der Waals surface area contributed by atoms with Crippen molar-refractivity contribution < 1.29 is 0 Å². The third-order valence-corrected chi connectivity index (χ3v) is 4.75. The summed E-state index contributed by atoms with van der Waals surface area (Å²) in [4.78, 5) is 17.4. The Labute approximate surface area is 134 Å². The summed E-state index contributed by atoms with van der Waals surface area (Å²) in [6, 6.07) is 7.98. The summed E-state index contributed by atoms with van der Waals surface area (Å²) in [5, 5.41) is -0.0740. The Kier molecular flexibility index (Phi) is 3.29. The maximum atomic E-state index is 12.9. The molecule has 114 valence electrons. The van der Waals surface area contributed by atoms with Crippen molar-refractivity contribution in [2.24, 2.45) is 5.73 Å². The number of hydrogen-bond donors (Lipinski definition) is 2. The Balaban J connectivity index is 2.45. The van der Waals surface area contributed by atoms with Crippen molar-refractivity contribution in [1.82, 2.24) is 9.55 Å². The highest BCUT2D eigenvalue weighted by atomic mass is 32.1. The highest BCUT2D eigenvalue weighted by Crippen LogP contribution is 2.42. The van der Waals surface area contributed by atoms with Gasteiger partial charge in [-0.15, -0.1) is 0 Å². The summed E-state index contributed by atoms with van der Waals surface area (Å²) in [6.07, 6.45) is 1.59. The number of rotatable bonds is 1. The summed E-state index contributed by atoms with van der Waals surface area (Å²) in [6.45, 7) is 4.14. The number of aromatic nitrogens is 2. The molecular formula is C16H18N4OS. The van der Waals surface area contributed by atoms with E-state index in [4.69, 9.17) is 23.7 Å². The van der Waals surface area contributed by atoms with Crippen LogP contribution in [-0.4, -0.2) is 14.7 Å². The fourth-order valence-electron chi connectivity index (χ4n) is 3.21. The topological polar surface area (TPSA) is 86.9 Å². The molecule has 4 N–H and O–H groups in total. The Morgan fingerprint density at radius 2 is 2.14 bits per heavy atom. The highest BCUT2D eigenvalue weighted by Gasteiger charge is 2.38. The molecule has 0 fully saturated rings. The van der Waals surface area contributed by atoms with E-state index >= 15 is 0 Å². The number of benzene rings is 1. The molecule has 0 saturated carbocycles. The van der Waals surface area contributed by atoms with E-state index in [1.807, 2.05) is 18.2 Å². The van der Waals surface area contributed by atoms with Gasteiger partial charge in [-0.05, 0) is 30.6 Å². The molecule has 0 bridgehead atoms. The van der Waals surface area contributed by atoms with E-state index in [0.29, 0.717) is 11.3 Å². The Bertz CT molecular complexity index is 843. The quantitative estimate of drug-likeness (QED) is 0.784. The van der Waals surface area contributed by atoms with Gasteiger partial charge in [-0.2, -0.15) is 0 Å². The van der Waals surface area contributed by atoms with Crippen molar-refractivity contribution >= 4 is 23.3 Å². The first-order valence-electron chi connectivity index (χ1n) is 7.20. The third-order valence-electron chi connectivity index (χ3n) is 4.57. The zero-order valence-electron chi connectivity index (χ0n) is 12.6. The van der Waals surface area contributed by atoms with Crippen molar-refractivity contribution in [3.05, 3.63) is 45.7 Å². The Hall–Kier alpha value is -2.21. The molecular weight excluding hydrogens is 296 g/mol. The third kappa shape index (κ3) is 1.94. The molecule has 0 amide bonds. The van der Waals surface area contributed by atoms with Gasteiger partial charge >= 0.3 is 0 Å². The largest absolute Gasteiger partial charge is 0.375 e. The van der Waals surface area contributed by atoms with Crippen LogP contribution in [0.1, 0.15) is 31.4 Å². The average molecular weight is 314 g/mol. The standard InChI is InChI=1S/C16H18N4OS/c1-3-16(2)8-9-6-4-5-7-10(9)12-11(16)13(21)20(15(18)22)14(17)19-12/h4-7H,3,8H2,1-2H3,(H2,17,19)(H2,18,22). The molecule has 1 heterocycles. The fourth-order valence-corrected chi connectivity index (χ4v) is 3.38. The summed E-state index contributed by atoms with van der Waals surface area (Å²) in [5.41, 5.74) is 14.4. The lowest BCUT2D eigenvalue weighted by atomic mass is 9.69. The molecule has 0 aliphatic heterocycles. The van der Waals surface area contributed by atoms with Crippen molar-refractivity contribution in [3.8, 4) is 11.3 Å². The molecule has 2 aromatic rings. The number of nitrogens with two attached hydrogens (primary N) is 2. The van der Waals surface area contributed by atoms with E-state index < -0.39 is 0 Å². The Morgan fingerprint density at radius 3 is 2.77 bits per heavy atom. The van der Waals surface area contributed by atoms with Gasteiger partial charge in [-0.1, -0.05) is 38.1 Å². The number of hydrogen-bond acceptors (Lipinski definition) is 4. The molecule has 1 aliphatic carbocycles. The molecule has 1 atom stereocenters. The number of nitrogens with zero attached hydrogens (tertiary/aromatic N) is 2. The first-order valence-corrected chi connectivity index (χ1v) is 7.61. The molecule has 1 aromatic heterocycles. The average Bonchev–Trinajstić information content (AvgIpc) is 2.46. The molecule has 1 aromatic carbocycles. The molecule has 3 rings (SSSR count). The minimum Gasteiger partial charge on any atom is -0.375 e. The Morgan fingerprint density at radius 1 is 1.45 bits per heavy atom. The van der Waals surface area contributed by atoms with Crippen LogP contribution in [0, 0.1) is 0 Å².